The molecule has 0 aliphatic carbocycles. The number of alkyl halides is 3. The van der Waals surface area contributed by atoms with Crippen LogP contribution in [0, 0.1) is 11.3 Å². The van der Waals surface area contributed by atoms with E-state index in [1.165, 1.54) is 12.1 Å². The summed E-state index contributed by atoms with van der Waals surface area (Å²) in [5.41, 5.74) is -1.80. The second-order valence-corrected chi connectivity index (χ2v) is 5.66. The van der Waals surface area contributed by atoms with Crippen LogP contribution in [0.25, 0.3) is 11.0 Å². The van der Waals surface area contributed by atoms with Gasteiger partial charge in [0.15, 0.2) is 6.61 Å². The summed E-state index contributed by atoms with van der Waals surface area (Å²) in [4.78, 5) is 23.3. The summed E-state index contributed by atoms with van der Waals surface area (Å²) in [6, 6.07) is 12.0. The lowest BCUT2D eigenvalue weighted by Crippen LogP contribution is -2.20. The molecule has 0 saturated carbocycles. The van der Waals surface area contributed by atoms with Crippen molar-refractivity contribution in [3.63, 3.8) is 0 Å². The Hall–Kier alpha value is -3.80. The van der Waals surface area contributed by atoms with E-state index >= 15 is 0 Å². The molecule has 0 saturated heterocycles. The number of rotatable bonds is 4. The highest BCUT2D eigenvalue weighted by atomic mass is 19.4. The fourth-order valence-electron chi connectivity index (χ4n) is 2.48. The molecule has 0 aliphatic heterocycles. The number of amides is 1. The molecule has 1 heterocycles. The minimum Gasteiger partial charge on any atom is -0.484 e. The molecule has 1 N–H and O–H groups in total. The van der Waals surface area contributed by atoms with Gasteiger partial charge in [-0.1, -0.05) is 6.07 Å². The smallest absolute Gasteiger partial charge is 0.417 e. The Balaban J connectivity index is 1.75. The highest BCUT2D eigenvalue weighted by molar-refractivity contribution is 5.92. The number of hydrogen-bond acceptors (Lipinski definition) is 5. The first-order valence-corrected chi connectivity index (χ1v) is 7.84. The van der Waals surface area contributed by atoms with Crippen molar-refractivity contribution in [1.29, 1.82) is 5.26 Å². The predicted molar refractivity (Wildman–Crippen MR) is 92.8 cm³/mol. The molecular weight excluding hydrogens is 377 g/mol. The van der Waals surface area contributed by atoms with Crippen molar-refractivity contribution in [2.75, 3.05) is 11.9 Å². The molecule has 3 rings (SSSR count). The van der Waals surface area contributed by atoms with Gasteiger partial charge in [-0.3, -0.25) is 4.79 Å². The van der Waals surface area contributed by atoms with Gasteiger partial charge in [0.25, 0.3) is 5.91 Å². The van der Waals surface area contributed by atoms with Crippen LogP contribution in [0.3, 0.4) is 0 Å². The molecule has 1 amide bonds. The molecule has 28 heavy (non-hydrogen) atoms. The maximum Gasteiger partial charge on any atom is 0.417 e. The van der Waals surface area contributed by atoms with Crippen molar-refractivity contribution in [2.24, 2.45) is 0 Å². The van der Waals surface area contributed by atoms with E-state index in [0.717, 1.165) is 12.1 Å². The first-order chi connectivity index (χ1) is 13.3. The molecule has 0 spiro atoms. The monoisotopic (exact) mass is 388 g/mol. The second kappa shape index (κ2) is 7.44. The van der Waals surface area contributed by atoms with Crippen LogP contribution in [0.1, 0.15) is 11.1 Å². The first kappa shape index (κ1) is 19.0. The zero-order valence-electron chi connectivity index (χ0n) is 14.0. The van der Waals surface area contributed by atoms with Crippen molar-refractivity contribution in [1.82, 2.24) is 0 Å². The van der Waals surface area contributed by atoms with E-state index in [1.54, 1.807) is 18.2 Å². The molecule has 3 aromatic rings. The van der Waals surface area contributed by atoms with Gasteiger partial charge in [0.05, 0.1) is 17.2 Å². The van der Waals surface area contributed by atoms with Gasteiger partial charge >= 0.3 is 11.8 Å². The van der Waals surface area contributed by atoms with E-state index in [4.69, 9.17) is 14.4 Å². The Morgan fingerprint density at radius 1 is 1.18 bits per heavy atom. The Morgan fingerprint density at radius 3 is 2.68 bits per heavy atom. The van der Waals surface area contributed by atoms with Crippen LogP contribution in [0.4, 0.5) is 18.9 Å². The van der Waals surface area contributed by atoms with Gasteiger partial charge < -0.3 is 14.5 Å². The van der Waals surface area contributed by atoms with Crippen molar-refractivity contribution in [3.8, 4) is 11.8 Å². The normalized spacial score (nSPS) is 11.1. The van der Waals surface area contributed by atoms with E-state index in [0.29, 0.717) is 17.3 Å². The molecule has 0 radical (unpaired) electrons. The zero-order valence-corrected chi connectivity index (χ0v) is 14.0. The van der Waals surface area contributed by atoms with Crippen molar-refractivity contribution in [3.05, 3.63) is 70.1 Å². The molecular formula is C19H11F3N2O4. The van der Waals surface area contributed by atoms with Crippen LogP contribution in [0.15, 0.2) is 57.7 Å². The lowest BCUT2D eigenvalue weighted by molar-refractivity contribution is -0.136. The maximum atomic E-state index is 13.0. The van der Waals surface area contributed by atoms with E-state index in [2.05, 4.69) is 5.32 Å². The number of carbonyl (C=O) groups is 1. The molecule has 1 aromatic heterocycles. The third-order valence-corrected chi connectivity index (χ3v) is 3.67. The maximum absolute atomic E-state index is 13.0. The van der Waals surface area contributed by atoms with E-state index in [9.17, 15) is 22.8 Å². The van der Waals surface area contributed by atoms with Gasteiger partial charge in [-0.05, 0) is 30.3 Å². The minimum absolute atomic E-state index is 0.0518. The highest BCUT2D eigenvalue weighted by Crippen LogP contribution is 2.34. The number of halogens is 3. The number of hydrogen-bond donors (Lipinski definition) is 1. The standard InChI is InChI=1S/C19H11F3N2O4/c20-19(21,22)15-8-18(26)28-16-7-13(4-5-14(15)16)27-10-17(25)24-12-3-1-2-11(6-12)9-23/h1-8H,10H2,(H,24,25). The second-order valence-electron chi connectivity index (χ2n) is 5.66. The third-order valence-electron chi connectivity index (χ3n) is 3.67. The van der Waals surface area contributed by atoms with Gasteiger partial charge in [-0.15, -0.1) is 0 Å². The number of nitrogens with zero attached hydrogens (tertiary/aromatic N) is 1. The average molecular weight is 388 g/mol. The number of nitrogens with one attached hydrogen (secondary N) is 1. The Kier molecular flexibility index (Phi) is 5.04. The van der Waals surface area contributed by atoms with E-state index in [1.807, 2.05) is 6.07 Å². The van der Waals surface area contributed by atoms with Crippen LogP contribution in [0.5, 0.6) is 5.75 Å². The third kappa shape index (κ3) is 4.29. The molecule has 0 unspecified atom stereocenters. The van der Waals surface area contributed by atoms with Crippen LogP contribution >= 0.6 is 0 Å². The SMILES string of the molecule is N#Cc1cccc(NC(=O)COc2ccc3c(C(F)(F)F)cc(=O)oc3c2)c1. The molecule has 9 heteroatoms. The number of anilines is 1. The Labute approximate surface area is 155 Å². The van der Waals surface area contributed by atoms with Crippen molar-refractivity contribution in [2.45, 2.75) is 6.18 Å². The molecule has 6 nitrogen and oxygen atoms in total. The molecule has 0 bridgehead atoms. The predicted octanol–water partition coefficient (Wildman–Crippen LogP) is 3.70. The Bertz CT molecular complexity index is 1150. The summed E-state index contributed by atoms with van der Waals surface area (Å²) in [6.45, 7) is -0.439. The lowest BCUT2D eigenvalue weighted by atomic mass is 10.1. The topological polar surface area (TPSA) is 92.3 Å². The van der Waals surface area contributed by atoms with Gasteiger partial charge in [0.2, 0.25) is 0 Å². The largest absolute Gasteiger partial charge is 0.484 e. The minimum atomic E-state index is -4.71. The van der Waals surface area contributed by atoms with Gasteiger partial charge in [0, 0.05) is 23.2 Å². The summed E-state index contributed by atoms with van der Waals surface area (Å²) in [7, 11) is 0. The van der Waals surface area contributed by atoms with Crippen LogP contribution in [0.2, 0.25) is 0 Å². The molecule has 2 aromatic carbocycles. The summed E-state index contributed by atoms with van der Waals surface area (Å²) >= 11 is 0. The van der Waals surface area contributed by atoms with Gasteiger partial charge in [-0.25, -0.2) is 4.79 Å². The molecule has 142 valence electrons. The fourth-order valence-corrected chi connectivity index (χ4v) is 2.48. The summed E-state index contributed by atoms with van der Waals surface area (Å²) < 4.78 is 49.1. The number of carbonyl (C=O) groups excluding carboxylic acids is 1. The first-order valence-electron chi connectivity index (χ1n) is 7.84. The van der Waals surface area contributed by atoms with Gasteiger partial charge in [-0.2, -0.15) is 18.4 Å². The summed E-state index contributed by atoms with van der Waals surface area (Å²) in [6.07, 6.45) is -4.71. The number of fused-ring (bicyclic) bond motifs is 1. The van der Waals surface area contributed by atoms with Crippen LogP contribution in [-0.4, -0.2) is 12.5 Å². The van der Waals surface area contributed by atoms with Gasteiger partial charge in [0.1, 0.15) is 11.3 Å². The quantitative estimate of drug-likeness (QED) is 0.688. The van der Waals surface area contributed by atoms with Crippen molar-refractivity contribution >= 4 is 22.6 Å². The summed E-state index contributed by atoms with van der Waals surface area (Å²) in [5.74, 6) is -0.489. The van der Waals surface area contributed by atoms with E-state index < -0.39 is 29.9 Å². The van der Waals surface area contributed by atoms with Crippen LogP contribution in [-0.2, 0) is 11.0 Å². The Morgan fingerprint density at radius 2 is 1.96 bits per heavy atom. The van der Waals surface area contributed by atoms with Crippen molar-refractivity contribution < 1.29 is 27.1 Å². The molecule has 0 aliphatic rings. The zero-order chi connectivity index (χ0) is 20.3. The molecule has 0 fully saturated rings. The van der Waals surface area contributed by atoms with E-state index in [-0.39, 0.29) is 16.7 Å². The lowest BCUT2D eigenvalue weighted by Gasteiger charge is -2.11. The fraction of sp³-hybridized carbons (Fsp3) is 0.105. The highest BCUT2D eigenvalue weighted by Gasteiger charge is 2.33. The number of ether oxygens (including phenoxy) is 1. The summed E-state index contributed by atoms with van der Waals surface area (Å²) in [5, 5.41) is 11.1. The van der Waals surface area contributed by atoms with Crippen LogP contribution < -0.4 is 15.7 Å². The number of benzene rings is 2. The molecule has 0 atom stereocenters. The number of nitriles is 1. The average Bonchev–Trinajstić information content (AvgIpc) is 2.64.